The first kappa shape index (κ1) is 14.4. The Labute approximate surface area is 133 Å². The van der Waals surface area contributed by atoms with Crippen molar-refractivity contribution in [3.63, 3.8) is 0 Å². The highest BCUT2D eigenvalue weighted by Crippen LogP contribution is 2.53. The average molecular weight is 334 g/mol. The Bertz CT molecular complexity index is 886. The fourth-order valence-corrected chi connectivity index (χ4v) is 3.87. The summed E-state index contributed by atoms with van der Waals surface area (Å²) >= 11 is 1.23. The van der Waals surface area contributed by atoms with Crippen molar-refractivity contribution in [1.82, 2.24) is 15.0 Å². The van der Waals surface area contributed by atoms with E-state index in [9.17, 15) is 13.9 Å². The van der Waals surface area contributed by atoms with E-state index in [1.807, 2.05) is 6.07 Å². The molecule has 0 aliphatic heterocycles. The van der Waals surface area contributed by atoms with Gasteiger partial charge in [0.15, 0.2) is 0 Å². The normalized spacial score (nSPS) is 18.7. The van der Waals surface area contributed by atoms with Crippen molar-refractivity contribution in [3.8, 4) is 11.3 Å². The van der Waals surface area contributed by atoms with Gasteiger partial charge in [0.2, 0.25) is 5.95 Å². The summed E-state index contributed by atoms with van der Waals surface area (Å²) in [5.41, 5.74) is 5.39. The first-order chi connectivity index (χ1) is 10.8. The van der Waals surface area contributed by atoms with Crippen LogP contribution in [0.3, 0.4) is 0 Å². The molecule has 3 aromatic heterocycles. The lowest BCUT2D eigenvalue weighted by Gasteiger charge is -2.42. The second kappa shape index (κ2) is 4.65. The molecule has 0 atom stereocenters. The van der Waals surface area contributed by atoms with Crippen LogP contribution in [0.4, 0.5) is 14.7 Å². The van der Waals surface area contributed by atoms with Crippen molar-refractivity contribution in [2.24, 2.45) is 0 Å². The van der Waals surface area contributed by atoms with Gasteiger partial charge in [0, 0.05) is 41.1 Å². The number of pyridine rings is 1. The summed E-state index contributed by atoms with van der Waals surface area (Å²) in [6, 6.07) is 5.37. The summed E-state index contributed by atoms with van der Waals surface area (Å²) in [6.07, 6.45) is 2.08. The molecular weight excluding hydrogens is 322 g/mol. The number of thiophene rings is 1. The van der Waals surface area contributed by atoms with Crippen LogP contribution < -0.4 is 5.73 Å². The second-order valence-corrected chi connectivity index (χ2v) is 6.80. The van der Waals surface area contributed by atoms with Crippen LogP contribution in [0.2, 0.25) is 0 Å². The summed E-state index contributed by atoms with van der Waals surface area (Å²) in [5.74, 6) is -2.61. The SMILES string of the molecule is Nc1ncc(-c2ccc3cc(C4(O)CC(F)(F)C4)sc3n2)cn1. The zero-order valence-corrected chi connectivity index (χ0v) is 12.6. The molecule has 118 valence electrons. The number of aromatic nitrogens is 3. The van der Waals surface area contributed by atoms with Gasteiger partial charge in [-0.15, -0.1) is 11.3 Å². The molecule has 1 saturated carbocycles. The van der Waals surface area contributed by atoms with Gasteiger partial charge in [-0.05, 0) is 18.2 Å². The van der Waals surface area contributed by atoms with Gasteiger partial charge in [0.05, 0.1) is 5.69 Å². The zero-order chi connectivity index (χ0) is 16.2. The van der Waals surface area contributed by atoms with Crippen LogP contribution in [0.1, 0.15) is 17.7 Å². The Morgan fingerprint density at radius 3 is 2.52 bits per heavy atom. The van der Waals surface area contributed by atoms with Crippen molar-refractivity contribution in [2.45, 2.75) is 24.4 Å². The van der Waals surface area contributed by atoms with Gasteiger partial charge in [-0.25, -0.2) is 23.7 Å². The van der Waals surface area contributed by atoms with Crippen LogP contribution >= 0.6 is 11.3 Å². The van der Waals surface area contributed by atoms with Crippen LogP contribution in [0.5, 0.6) is 0 Å². The van der Waals surface area contributed by atoms with E-state index in [-0.39, 0.29) is 5.95 Å². The summed E-state index contributed by atoms with van der Waals surface area (Å²) in [5, 5.41) is 11.1. The van der Waals surface area contributed by atoms with Crippen LogP contribution in [0.25, 0.3) is 21.5 Å². The highest BCUT2D eigenvalue weighted by atomic mass is 32.1. The van der Waals surface area contributed by atoms with Crippen molar-refractivity contribution >= 4 is 27.5 Å². The van der Waals surface area contributed by atoms with Crippen molar-refractivity contribution in [1.29, 1.82) is 0 Å². The number of nitrogens with zero attached hydrogens (tertiary/aromatic N) is 3. The smallest absolute Gasteiger partial charge is 0.254 e. The number of nitrogens with two attached hydrogens (primary N) is 1. The van der Waals surface area contributed by atoms with E-state index in [1.165, 1.54) is 11.3 Å². The van der Waals surface area contributed by atoms with Crippen molar-refractivity contribution in [2.75, 3.05) is 5.73 Å². The first-order valence-electron chi connectivity index (χ1n) is 6.94. The Morgan fingerprint density at radius 1 is 1.17 bits per heavy atom. The first-order valence-corrected chi connectivity index (χ1v) is 7.76. The molecule has 0 aromatic carbocycles. The van der Waals surface area contributed by atoms with Gasteiger partial charge in [-0.1, -0.05) is 0 Å². The van der Waals surface area contributed by atoms with Crippen LogP contribution in [0, 0.1) is 0 Å². The number of halogens is 2. The summed E-state index contributed by atoms with van der Waals surface area (Å²) in [7, 11) is 0. The van der Waals surface area contributed by atoms with E-state index in [0.29, 0.717) is 21.0 Å². The number of anilines is 1. The van der Waals surface area contributed by atoms with Crippen molar-refractivity contribution in [3.05, 3.63) is 35.5 Å². The van der Waals surface area contributed by atoms with Crippen molar-refractivity contribution < 1.29 is 13.9 Å². The minimum atomic E-state index is -2.79. The molecule has 23 heavy (non-hydrogen) atoms. The highest BCUT2D eigenvalue weighted by Gasteiger charge is 2.57. The molecule has 0 amide bonds. The fourth-order valence-electron chi connectivity index (χ4n) is 2.76. The molecule has 3 heterocycles. The van der Waals surface area contributed by atoms with Gasteiger partial charge >= 0.3 is 0 Å². The monoisotopic (exact) mass is 334 g/mol. The van der Waals surface area contributed by atoms with Gasteiger partial charge in [0.1, 0.15) is 10.4 Å². The van der Waals surface area contributed by atoms with E-state index in [0.717, 1.165) is 5.39 Å². The minimum Gasteiger partial charge on any atom is -0.384 e. The molecular formula is C15H12F2N4OS. The Kier molecular flexibility index (Phi) is 2.91. The summed E-state index contributed by atoms with van der Waals surface area (Å²) in [6.45, 7) is 0. The number of rotatable bonds is 2. The number of hydrogen-bond acceptors (Lipinski definition) is 6. The van der Waals surface area contributed by atoms with E-state index < -0.39 is 24.4 Å². The third-order valence-electron chi connectivity index (χ3n) is 3.91. The Balaban J connectivity index is 1.71. The quantitative estimate of drug-likeness (QED) is 0.752. The largest absolute Gasteiger partial charge is 0.384 e. The van der Waals surface area contributed by atoms with Gasteiger partial charge in [-0.3, -0.25) is 0 Å². The average Bonchev–Trinajstić information content (AvgIpc) is 2.89. The lowest BCUT2D eigenvalue weighted by Crippen LogP contribution is -2.48. The molecule has 0 unspecified atom stereocenters. The number of hydrogen-bond donors (Lipinski definition) is 2. The molecule has 3 N–H and O–H groups in total. The van der Waals surface area contributed by atoms with Gasteiger partial charge in [0.25, 0.3) is 5.92 Å². The predicted molar refractivity (Wildman–Crippen MR) is 83.1 cm³/mol. The third kappa shape index (κ3) is 2.43. The second-order valence-electron chi connectivity index (χ2n) is 5.77. The van der Waals surface area contributed by atoms with Crippen LogP contribution in [-0.4, -0.2) is 26.0 Å². The molecule has 0 saturated heterocycles. The molecule has 3 aromatic rings. The molecule has 1 aliphatic rings. The van der Waals surface area contributed by atoms with Gasteiger partial charge < -0.3 is 10.8 Å². The molecule has 1 aliphatic carbocycles. The van der Waals surface area contributed by atoms with Crippen LogP contribution in [-0.2, 0) is 5.60 Å². The molecule has 0 spiro atoms. The number of aliphatic hydroxyl groups is 1. The minimum absolute atomic E-state index is 0.182. The Morgan fingerprint density at radius 2 is 1.87 bits per heavy atom. The molecule has 1 fully saturated rings. The van der Waals surface area contributed by atoms with E-state index in [4.69, 9.17) is 5.73 Å². The summed E-state index contributed by atoms with van der Waals surface area (Å²) in [4.78, 5) is 13.6. The molecule has 8 heteroatoms. The number of nitrogen functional groups attached to an aromatic ring is 1. The van der Waals surface area contributed by atoms with Gasteiger partial charge in [-0.2, -0.15) is 0 Å². The number of fused-ring (bicyclic) bond motifs is 1. The maximum Gasteiger partial charge on any atom is 0.254 e. The topological polar surface area (TPSA) is 84.9 Å². The number of alkyl halides is 2. The van der Waals surface area contributed by atoms with E-state index >= 15 is 0 Å². The third-order valence-corrected chi connectivity index (χ3v) is 5.15. The molecule has 0 radical (unpaired) electrons. The fraction of sp³-hybridized carbons (Fsp3) is 0.267. The van der Waals surface area contributed by atoms with E-state index in [2.05, 4.69) is 15.0 Å². The Hall–Kier alpha value is -2.19. The molecule has 4 rings (SSSR count). The standard InChI is InChI=1S/C15H12F2N4OS/c16-15(17)6-14(22,7-15)11-3-8-1-2-10(21-12(8)23-11)9-4-19-13(18)20-5-9/h1-5,22H,6-7H2,(H2,18,19,20). The van der Waals surface area contributed by atoms with Crippen LogP contribution in [0.15, 0.2) is 30.6 Å². The highest BCUT2D eigenvalue weighted by molar-refractivity contribution is 7.18. The predicted octanol–water partition coefficient (Wildman–Crippen LogP) is 2.95. The maximum atomic E-state index is 13.1. The lowest BCUT2D eigenvalue weighted by atomic mass is 9.75. The van der Waals surface area contributed by atoms with E-state index in [1.54, 1.807) is 24.5 Å². The zero-order valence-electron chi connectivity index (χ0n) is 11.8. The molecule has 5 nitrogen and oxygen atoms in total. The maximum absolute atomic E-state index is 13.1. The lowest BCUT2D eigenvalue weighted by molar-refractivity contribution is -0.208. The molecule has 0 bridgehead atoms. The summed E-state index contributed by atoms with van der Waals surface area (Å²) < 4.78 is 26.2.